The van der Waals surface area contributed by atoms with Crippen molar-refractivity contribution in [2.45, 2.75) is 58.2 Å². The average Bonchev–Trinajstić information content (AvgIpc) is 2.66. The van der Waals surface area contributed by atoms with E-state index in [1.165, 1.54) is 6.92 Å². The van der Waals surface area contributed by atoms with E-state index >= 15 is 0 Å². The number of aliphatic hydroxyl groups is 1. The predicted molar refractivity (Wildman–Crippen MR) is 68.2 cm³/mol. The van der Waals surface area contributed by atoms with Gasteiger partial charge in [0.2, 0.25) is 0 Å². The van der Waals surface area contributed by atoms with Gasteiger partial charge in [0.25, 0.3) is 0 Å². The molecule has 4 nitrogen and oxygen atoms in total. The SMILES string of the molecule is CC1CC2OC(=O)C(C)(O)C2CC2(C)C(=O)CCC12. The molecule has 0 bridgehead atoms. The van der Waals surface area contributed by atoms with Crippen LogP contribution in [0.3, 0.4) is 0 Å². The number of ether oxygens (including phenoxy) is 1. The molecule has 3 rings (SSSR count). The monoisotopic (exact) mass is 266 g/mol. The van der Waals surface area contributed by atoms with Crippen molar-refractivity contribution in [2.24, 2.45) is 23.2 Å². The third-order valence-corrected chi connectivity index (χ3v) is 5.92. The molecule has 0 amide bonds. The van der Waals surface area contributed by atoms with E-state index in [1.807, 2.05) is 6.92 Å². The first-order valence-electron chi connectivity index (χ1n) is 7.23. The molecule has 106 valence electrons. The molecule has 1 aliphatic heterocycles. The van der Waals surface area contributed by atoms with Crippen LogP contribution >= 0.6 is 0 Å². The Morgan fingerprint density at radius 2 is 1.95 bits per heavy atom. The summed E-state index contributed by atoms with van der Waals surface area (Å²) in [5, 5.41) is 10.4. The Hall–Kier alpha value is -0.900. The number of esters is 1. The number of rotatable bonds is 0. The molecule has 0 aromatic carbocycles. The average molecular weight is 266 g/mol. The van der Waals surface area contributed by atoms with Gasteiger partial charge in [-0.3, -0.25) is 4.79 Å². The summed E-state index contributed by atoms with van der Waals surface area (Å²) in [5.41, 5.74) is -1.83. The number of Topliss-reactive ketones (excluding diaryl/α,β-unsaturated/α-hetero) is 1. The van der Waals surface area contributed by atoms with Crippen molar-refractivity contribution in [2.75, 3.05) is 0 Å². The summed E-state index contributed by atoms with van der Waals surface area (Å²) in [6, 6.07) is 0. The molecule has 0 aromatic heterocycles. The van der Waals surface area contributed by atoms with Crippen LogP contribution in [-0.4, -0.2) is 28.6 Å². The topological polar surface area (TPSA) is 63.6 Å². The quantitative estimate of drug-likeness (QED) is 0.678. The summed E-state index contributed by atoms with van der Waals surface area (Å²) in [6.45, 7) is 5.70. The van der Waals surface area contributed by atoms with Crippen molar-refractivity contribution in [1.82, 2.24) is 0 Å². The fourth-order valence-electron chi connectivity index (χ4n) is 4.66. The van der Waals surface area contributed by atoms with Crippen LogP contribution in [0.4, 0.5) is 0 Å². The first-order chi connectivity index (χ1) is 8.76. The van der Waals surface area contributed by atoms with Gasteiger partial charge in [0.15, 0.2) is 5.60 Å². The van der Waals surface area contributed by atoms with Gasteiger partial charge in [-0.2, -0.15) is 0 Å². The van der Waals surface area contributed by atoms with Crippen molar-refractivity contribution in [1.29, 1.82) is 0 Å². The van der Waals surface area contributed by atoms with Gasteiger partial charge in [0.05, 0.1) is 0 Å². The van der Waals surface area contributed by atoms with E-state index in [-0.39, 0.29) is 12.0 Å². The Bertz CT molecular complexity index is 441. The lowest BCUT2D eigenvalue weighted by atomic mass is 9.69. The zero-order valence-electron chi connectivity index (χ0n) is 11.8. The zero-order valence-corrected chi connectivity index (χ0v) is 11.8. The van der Waals surface area contributed by atoms with E-state index in [9.17, 15) is 14.7 Å². The second-order valence-corrected chi connectivity index (χ2v) is 7.10. The van der Waals surface area contributed by atoms with Crippen molar-refractivity contribution in [3.63, 3.8) is 0 Å². The normalized spacial score (nSPS) is 53.5. The van der Waals surface area contributed by atoms with Gasteiger partial charge >= 0.3 is 5.97 Å². The standard InChI is InChI=1S/C15H22O4/c1-8-6-11-10(15(3,18)13(17)19-11)7-14(2)9(8)4-5-12(14)16/h8-11,18H,4-7H2,1-3H3. The molecular weight excluding hydrogens is 244 g/mol. The third kappa shape index (κ3) is 1.62. The maximum absolute atomic E-state index is 12.3. The Labute approximate surface area is 113 Å². The Morgan fingerprint density at radius 1 is 1.26 bits per heavy atom. The van der Waals surface area contributed by atoms with Gasteiger partial charge in [0.1, 0.15) is 11.9 Å². The lowest BCUT2D eigenvalue weighted by Crippen LogP contribution is -2.42. The van der Waals surface area contributed by atoms with Gasteiger partial charge in [-0.1, -0.05) is 13.8 Å². The molecule has 2 aliphatic carbocycles. The smallest absolute Gasteiger partial charge is 0.338 e. The molecule has 2 saturated carbocycles. The van der Waals surface area contributed by atoms with Gasteiger partial charge in [0, 0.05) is 17.8 Å². The number of carbonyl (C=O) groups is 2. The minimum Gasteiger partial charge on any atom is -0.460 e. The number of ketones is 1. The highest BCUT2D eigenvalue weighted by molar-refractivity contribution is 5.88. The second-order valence-electron chi connectivity index (χ2n) is 7.10. The minimum atomic E-state index is -1.44. The van der Waals surface area contributed by atoms with Crippen molar-refractivity contribution in [3.05, 3.63) is 0 Å². The number of fused-ring (bicyclic) bond motifs is 2. The highest BCUT2D eigenvalue weighted by atomic mass is 16.6. The van der Waals surface area contributed by atoms with Crippen LogP contribution in [0.2, 0.25) is 0 Å². The summed E-state index contributed by atoms with van der Waals surface area (Å²) in [4.78, 5) is 24.1. The van der Waals surface area contributed by atoms with Crippen molar-refractivity contribution >= 4 is 11.8 Å². The second kappa shape index (κ2) is 3.81. The van der Waals surface area contributed by atoms with Gasteiger partial charge in [-0.15, -0.1) is 0 Å². The van der Waals surface area contributed by atoms with Crippen LogP contribution < -0.4 is 0 Å². The summed E-state index contributed by atoms with van der Waals surface area (Å²) in [7, 11) is 0. The molecule has 19 heavy (non-hydrogen) atoms. The summed E-state index contributed by atoms with van der Waals surface area (Å²) in [5.74, 6) is 0.232. The molecule has 1 heterocycles. The molecule has 4 heteroatoms. The van der Waals surface area contributed by atoms with Crippen molar-refractivity contribution < 1.29 is 19.4 Å². The third-order valence-electron chi connectivity index (χ3n) is 5.92. The largest absolute Gasteiger partial charge is 0.460 e. The molecule has 0 radical (unpaired) electrons. The molecule has 3 aliphatic rings. The highest BCUT2D eigenvalue weighted by Gasteiger charge is 2.61. The van der Waals surface area contributed by atoms with E-state index in [0.717, 1.165) is 12.8 Å². The maximum Gasteiger partial charge on any atom is 0.338 e. The molecule has 6 atom stereocenters. The fraction of sp³-hybridized carbons (Fsp3) is 0.867. The zero-order chi connectivity index (χ0) is 14.0. The van der Waals surface area contributed by atoms with Crippen LogP contribution in [0.1, 0.15) is 46.5 Å². The lowest BCUT2D eigenvalue weighted by molar-refractivity contribution is -0.155. The van der Waals surface area contributed by atoms with Gasteiger partial charge in [-0.05, 0) is 38.0 Å². The molecule has 1 saturated heterocycles. The number of hydrogen-bond acceptors (Lipinski definition) is 4. The Balaban J connectivity index is 2.00. The van der Waals surface area contributed by atoms with Crippen LogP contribution in [0.5, 0.6) is 0 Å². The van der Waals surface area contributed by atoms with Crippen LogP contribution in [0.25, 0.3) is 0 Å². The summed E-state index contributed by atoms with van der Waals surface area (Å²) < 4.78 is 5.38. The van der Waals surface area contributed by atoms with Crippen LogP contribution in [0, 0.1) is 23.2 Å². The number of carbonyl (C=O) groups excluding carboxylic acids is 2. The predicted octanol–water partition coefficient (Wildman–Crippen LogP) is 1.69. The first kappa shape index (κ1) is 13.1. The molecule has 0 spiro atoms. The van der Waals surface area contributed by atoms with Crippen LogP contribution in [-0.2, 0) is 14.3 Å². The summed E-state index contributed by atoms with van der Waals surface area (Å²) in [6.07, 6.45) is 2.68. The number of hydrogen-bond donors (Lipinski definition) is 1. The fourth-order valence-corrected chi connectivity index (χ4v) is 4.66. The molecule has 1 N–H and O–H groups in total. The Kier molecular flexibility index (Phi) is 2.63. The van der Waals surface area contributed by atoms with Crippen LogP contribution in [0.15, 0.2) is 0 Å². The molecular formula is C15H22O4. The van der Waals surface area contributed by atoms with E-state index in [0.29, 0.717) is 30.5 Å². The lowest BCUT2D eigenvalue weighted by Gasteiger charge is -2.34. The van der Waals surface area contributed by atoms with E-state index in [1.54, 1.807) is 0 Å². The van der Waals surface area contributed by atoms with Gasteiger partial charge < -0.3 is 9.84 Å². The van der Waals surface area contributed by atoms with E-state index in [4.69, 9.17) is 4.74 Å². The van der Waals surface area contributed by atoms with Gasteiger partial charge in [-0.25, -0.2) is 4.79 Å². The maximum atomic E-state index is 12.3. The first-order valence-corrected chi connectivity index (χ1v) is 7.23. The summed E-state index contributed by atoms with van der Waals surface area (Å²) >= 11 is 0. The highest BCUT2D eigenvalue weighted by Crippen LogP contribution is 2.56. The molecule has 3 fully saturated rings. The minimum absolute atomic E-state index is 0.229. The molecule has 6 unspecified atom stereocenters. The Morgan fingerprint density at radius 3 is 2.63 bits per heavy atom. The van der Waals surface area contributed by atoms with E-state index in [2.05, 4.69) is 6.92 Å². The van der Waals surface area contributed by atoms with Crippen molar-refractivity contribution in [3.8, 4) is 0 Å². The van der Waals surface area contributed by atoms with E-state index < -0.39 is 17.0 Å². The molecule has 0 aromatic rings.